The molecule has 5 nitrogen and oxygen atoms in total. The van der Waals surface area contributed by atoms with Crippen LogP contribution < -0.4 is 5.32 Å². The predicted molar refractivity (Wildman–Crippen MR) is 86.1 cm³/mol. The number of rotatable bonds is 8. The van der Waals surface area contributed by atoms with Gasteiger partial charge in [-0.25, -0.2) is 12.7 Å². The summed E-state index contributed by atoms with van der Waals surface area (Å²) in [6.07, 6.45) is 0.902. The van der Waals surface area contributed by atoms with E-state index in [-0.39, 0.29) is 5.41 Å². The summed E-state index contributed by atoms with van der Waals surface area (Å²) in [6, 6.07) is 6.99. The predicted octanol–water partition coefficient (Wildman–Crippen LogP) is 2.41. The highest BCUT2D eigenvalue weighted by atomic mass is 32.2. The standard InChI is InChI=1S/C15H26N2O3S/c1-15(2,10-11-20-5)12-16-13-8-6-7-9-14(13)21(18,19)17(3)4/h6-9,16H,10-12H2,1-5H3. The monoisotopic (exact) mass is 314 g/mol. The van der Waals surface area contributed by atoms with Crippen molar-refractivity contribution in [3.05, 3.63) is 24.3 Å². The first-order valence-electron chi connectivity index (χ1n) is 6.95. The second kappa shape index (κ2) is 7.24. The fraction of sp³-hybridized carbons (Fsp3) is 0.600. The summed E-state index contributed by atoms with van der Waals surface area (Å²) in [5.74, 6) is 0. The van der Waals surface area contributed by atoms with Gasteiger partial charge in [-0.05, 0) is 24.0 Å². The lowest BCUT2D eigenvalue weighted by Crippen LogP contribution is -2.27. The molecule has 0 fully saturated rings. The van der Waals surface area contributed by atoms with Gasteiger partial charge in [-0.1, -0.05) is 26.0 Å². The van der Waals surface area contributed by atoms with E-state index in [2.05, 4.69) is 19.2 Å². The van der Waals surface area contributed by atoms with Crippen LogP contribution in [-0.4, -0.2) is 47.1 Å². The summed E-state index contributed by atoms with van der Waals surface area (Å²) < 4.78 is 31.0. The third kappa shape index (κ3) is 4.98. The highest BCUT2D eigenvalue weighted by Gasteiger charge is 2.23. The van der Waals surface area contributed by atoms with E-state index in [1.54, 1.807) is 25.3 Å². The minimum Gasteiger partial charge on any atom is -0.385 e. The molecule has 0 aliphatic heterocycles. The number of methoxy groups -OCH3 is 1. The Hall–Kier alpha value is -1.11. The summed E-state index contributed by atoms with van der Waals surface area (Å²) in [7, 11) is 1.31. The van der Waals surface area contributed by atoms with Crippen LogP contribution in [0.1, 0.15) is 20.3 Å². The highest BCUT2D eigenvalue weighted by Crippen LogP contribution is 2.26. The molecule has 0 atom stereocenters. The maximum Gasteiger partial charge on any atom is 0.244 e. The van der Waals surface area contributed by atoms with Crippen LogP contribution in [0.3, 0.4) is 0 Å². The van der Waals surface area contributed by atoms with Crippen LogP contribution in [0, 0.1) is 5.41 Å². The van der Waals surface area contributed by atoms with Gasteiger partial charge in [0.25, 0.3) is 0 Å². The van der Waals surface area contributed by atoms with E-state index in [1.807, 2.05) is 6.07 Å². The van der Waals surface area contributed by atoms with Crippen molar-refractivity contribution in [3.8, 4) is 0 Å². The zero-order valence-corrected chi connectivity index (χ0v) is 14.3. The Morgan fingerprint density at radius 3 is 2.43 bits per heavy atom. The molecule has 0 saturated carbocycles. The van der Waals surface area contributed by atoms with Crippen LogP contribution in [0.2, 0.25) is 0 Å². The lowest BCUT2D eigenvalue weighted by Gasteiger charge is -2.26. The fourth-order valence-electron chi connectivity index (χ4n) is 1.84. The van der Waals surface area contributed by atoms with Gasteiger partial charge in [-0.15, -0.1) is 0 Å². The maximum absolute atomic E-state index is 12.3. The van der Waals surface area contributed by atoms with E-state index in [4.69, 9.17) is 4.74 Å². The molecule has 0 radical (unpaired) electrons. The summed E-state index contributed by atoms with van der Waals surface area (Å²) in [5.41, 5.74) is 0.655. The number of nitrogens with zero attached hydrogens (tertiary/aromatic N) is 1. The maximum atomic E-state index is 12.3. The van der Waals surface area contributed by atoms with Crippen LogP contribution in [0.5, 0.6) is 0 Å². The highest BCUT2D eigenvalue weighted by molar-refractivity contribution is 7.89. The molecule has 0 unspecified atom stereocenters. The number of nitrogens with one attached hydrogen (secondary N) is 1. The minimum atomic E-state index is -3.45. The Morgan fingerprint density at radius 1 is 1.24 bits per heavy atom. The van der Waals surface area contributed by atoms with Gasteiger partial charge in [-0.2, -0.15) is 0 Å². The molecule has 120 valence electrons. The van der Waals surface area contributed by atoms with Gasteiger partial charge in [0.2, 0.25) is 10.0 Å². The molecule has 0 aliphatic rings. The van der Waals surface area contributed by atoms with E-state index < -0.39 is 10.0 Å². The lowest BCUT2D eigenvalue weighted by atomic mass is 9.89. The van der Waals surface area contributed by atoms with Crippen LogP contribution in [0.25, 0.3) is 0 Å². The van der Waals surface area contributed by atoms with E-state index in [0.29, 0.717) is 23.7 Å². The number of anilines is 1. The summed E-state index contributed by atoms with van der Waals surface area (Å²) in [6.45, 7) is 5.62. The Kier molecular flexibility index (Phi) is 6.19. The first-order chi connectivity index (χ1) is 9.70. The SMILES string of the molecule is COCCC(C)(C)CNc1ccccc1S(=O)(=O)N(C)C. The molecule has 1 aromatic rings. The first-order valence-corrected chi connectivity index (χ1v) is 8.39. The molecule has 0 saturated heterocycles. The van der Waals surface area contributed by atoms with Crippen molar-refractivity contribution in [1.29, 1.82) is 0 Å². The summed E-state index contributed by atoms with van der Waals surface area (Å²) in [5, 5.41) is 3.26. The fourth-order valence-corrected chi connectivity index (χ4v) is 2.90. The van der Waals surface area contributed by atoms with Crippen molar-refractivity contribution in [3.63, 3.8) is 0 Å². The summed E-state index contributed by atoms with van der Waals surface area (Å²) in [4.78, 5) is 0.303. The van der Waals surface area contributed by atoms with Crippen LogP contribution in [-0.2, 0) is 14.8 Å². The van der Waals surface area contributed by atoms with E-state index >= 15 is 0 Å². The molecule has 0 aliphatic carbocycles. The zero-order valence-electron chi connectivity index (χ0n) is 13.5. The third-order valence-electron chi connectivity index (χ3n) is 3.39. The molecule has 0 heterocycles. The van der Waals surface area contributed by atoms with Gasteiger partial charge in [0, 0.05) is 34.4 Å². The summed E-state index contributed by atoms with van der Waals surface area (Å²) >= 11 is 0. The molecular formula is C15H26N2O3S. The molecule has 21 heavy (non-hydrogen) atoms. The van der Waals surface area contributed by atoms with Crippen LogP contribution in [0.4, 0.5) is 5.69 Å². The second-order valence-electron chi connectivity index (χ2n) is 6.04. The largest absolute Gasteiger partial charge is 0.385 e. The molecule has 0 bridgehead atoms. The molecule has 1 aromatic carbocycles. The topological polar surface area (TPSA) is 58.6 Å². The van der Waals surface area contributed by atoms with Gasteiger partial charge in [-0.3, -0.25) is 0 Å². The minimum absolute atomic E-state index is 0.0188. The number of hydrogen-bond acceptors (Lipinski definition) is 4. The molecule has 6 heteroatoms. The van der Waals surface area contributed by atoms with Crippen molar-refractivity contribution in [2.24, 2.45) is 5.41 Å². The van der Waals surface area contributed by atoms with E-state index in [9.17, 15) is 8.42 Å². The molecule has 0 spiro atoms. The Morgan fingerprint density at radius 2 is 1.86 bits per heavy atom. The average molecular weight is 314 g/mol. The Balaban J connectivity index is 2.91. The van der Waals surface area contributed by atoms with Gasteiger partial charge in [0.1, 0.15) is 4.90 Å². The number of sulfonamides is 1. The first kappa shape index (κ1) is 17.9. The number of ether oxygens (including phenoxy) is 1. The van der Waals surface area contributed by atoms with Gasteiger partial charge in [0.15, 0.2) is 0 Å². The molecule has 1 rings (SSSR count). The Labute approximate surface area is 128 Å². The second-order valence-corrected chi connectivity index (χ2v) is 8.16. The van der Waals surface area contributed by atoms with Gasteiger partial charge in [0.05, 0.1) is 5.69 Å². The lowest BCUT2D eigenvalue weighted by molar-refractivity contribution is 0.157. The number of hydrogen-bond donors (Lipinski definition) is 1. The normalized spacial score (nSPS) is 12.7. The van der Waals surface area contributed by atoms with E-state index in [1.165, 1.54) is 18.4 Å². The quantitative estimate of drug-likeness (QED) is 0.800. The van der Waals surface area contributed by atoms with Crippen LogP contribution >= 0.6 is 0 Å². The zero-order chi connectivity index (χ0) is 16.1. The average Bonchev–Trinajstić information content (AvgIpc) is 2.43. The van der Waals surface area contributed by atoms with Crippen molar-refractivity contribution in [2.75, 3.05) is 39.7 Å². The Bertz CT molecular complexity index is 554. The molecule has 0 amide bonds. The van der Waals surface area contributed by atoms with Gasteiger partial charge >= 0.3 is 0 Å². The smallest absolute Gasteiger partial charge is 0.244 e. The van der Waals surface area contributed by atoms with Gasteiger partial charge < -0.3 is 10.1 Å². The van der Waals surface area contributed by atoms with Crippen molar-refractivity contribution >= 4 is 15.7 Å². The number of para-hydroxylation sites is 1. The molecule has 0 aromatic heterocycles. The van der Waals surface area contributed by atoms with E-state index in [0.717, 1.165) is 6.42 Å². The van der Waals surface area contributed by atoms with Crippen molar-refractivity contribution < 1.29 is 13.2 Å². The van der Waals surface area contributed by atoms with Crippen molar-refractivity contribution in [2.45, 2.75) is 25.2 Å². The number of benzene rings is 1. The third-order valence-corrected chi connectivity index (χ3v) is 5.26. The van der Waals surface area contributed by atoms with Crippen molar-refractivity contribution in [1.82, 2.24) is 4.31 Å². The molecular weight excluding hydrogens is 288 g/mol. The molecule has 1 N–H and O–H groups in total. The van der Waals surface area contributed by atoms with Crippen LogP contribution in [0.15, 0.2) is 29.2 Å².